The first-order valence-electron chi connectivity index (χ1n) is 27.5. The number of hydrogen-bond acceptors (Lipinski definition) is 4. The summed E-state index contributed by atoms with van der Waals surface area (Å²) in [5.74, 6) is -1.41. The Hall–Kier alpha value is -7.83. The second kappa shape index (κ2) is 12.3. The molecule has 0 amide bonds. The summed E-state index contributed by atoms with van der Waals surface area (Å²) in [6, 6.07) is 4.60. The van der Waals surface area contributed by atoms with Crippen LogP contribution in [0.2, 0.25) is 0 Å². The van der Waals surface area contributed by atoms with Crippen molar-refractivity contribution in [2.45, 2.75) is 0 Å². The molecule has 6 heteroatoms. The molecule has 0 fully saturated rings. The first-order valence-corrected chi connectivity index (χ1v) is 17.5. The van der Waals surface area contributed by atoms with Gasteiger partial charge in [0.1, 0.15) is 11.2 Å². The normalized spacial score (nSPS) is 16.8. The quantitative estimate of drug-likeness (QED) is 0.176. The maximum atomic E-state index is 9.90. The Kier molecular flexibility index (Phi) is 3.85. The first-order chi connectivity index (χ1) is 36.6. The first kappa shape index (κ1) is 17.8. The molecule has 0 saturated carbocycles. The summed E-state index contributed by atoms with van der Waals surface area (Å²) in [7, 11) is 0. The van der Waals surface area contributed by atoms with Crippen molar-refractivity contribution in [3.05, 3.63) is 188 Å². The number of hydrogen-bond donors (Lipinski definition) is 0. The van der Waals surface area contributed by atoms with Crippen molar-refractivity contribution in [1.82, 2.24) is 24.1 Å². The molecule has 0 aliphatic carbocycles. The van der Waals surface area contributed by atoms with Crippen LogP contribution < -0.4 is 0 Å². The third kappa shape index (κ3) is 4.87. The van der Waals surface area contributed by atoms with Crippen LogP contribution in [0.1, 0.15) is 27.4 Å². The van der Waals surface area contributed by atoms with Gasteiger partial charge in [0.25, 0.3) is 0 Å². The summed E-state index contributed by atoms with van der Waals surface area (Å²) in [5.41, 5.74) is -0.262. The van der Waals surface area contributed by atoms with Gasteiger partial charge in [0, 0.05) is 37.9 Å². The fourth-order valence-corrected chi connectivity index (χ4v) is 7.36. The summed E-state index contributed by atoms with van der Waals surface area (Å²) < 4.78 is 188. The van der Waals surface area contributed by atoms with Gasteiger partial charge < -0.3 is 4.42 Å². The van der Waals surface area contributed by atoms with Crippen LogP contribution >= 0.6 is 0 Å². The molecule has 0 saturated heterocycles. The number of nitrogens with zero attached hydrogens (tertiary/aromatic N) is 5. The number of rotatable bonds is 5. The Morgan fingerprint density at radius 3 is 1.72 bits per heavy atom. The molecule has 8 aromatic carbocycles. The van der Waals surface area contributed by atoms with Crippen molar-refractivity contribution in [3.63, 3.8) is 0 Å². The van der Waals surface area contributed by atoms with Crippen molar-refractivity contribution >= 4 is 65.6 Å². The minimum absolute atomic E-state index is 0.227. The zero-order valence-corrected chi connectivity index (χ0v) is 29.0. The van der Waals surface area contributed by atoms with Gasteiger partial charge in [0.15, 0.2) is 5.82 Å². The van der Waals surface area contributed by atoms with Crippen molar-refractivity contribution < 1.29 is 31.8 Å². The van der Waals surface area contributed by atoms with E-state index < -0.39 is 177 Å². The zero-order chi connectivity index (χ0) is 54.9. The summed E-state index contributed by atoms with van der Waals surface area (Å²) in [6.07, 6.45) is 0. The monoisotopic (exact) mass is 749 g/mol. The van der Waals surface area contributed by atoms with E-state index in [2.05, 4.69) is 0 Å². The molecule has 4 heterocycles. The van der Waals surface area contributed by atoms with E-state index in [1.54, 1.807) is 18.2 Å². The fourth-order valence-electron chi connectivity index (χ4n) is 7.36. The molecule has 12 rings (SSSR count). The standard InChI is InChI=1S/C51H31N5O/c1-2-14-32(15-3-1)33-28-29-40-39-20-6-10-25-44(39)56(45(40)31-33)51-53-49(52-50(54-51)55-42-23-8-4-18-37(42)38-19-5-9-24-43(38)55)35-17-12-16-34(30-35)36-22-13-27-47-48(36)41-21-7-11-26-46(41)57-47/h1-31H/i1D,2D,3D,4D,5D,6D,8D,9D,10D,14D,15D,18D,19D,20D,23D,24D,25D,28D,29D,31D. The van der Waals surface area contributed by atoms with Crippen molar-refractivity contribution in [3.8, 4) is 45.5 Å². The van der Waals surface area contributed by atoms with Gasteiger partial charge >= 0.3 is 0 Å². The van der Waals surface area contributed by atoms with Gasteiger partial charge in [-0.1, -0.05) is 145 Å². The molecule has 57 heavy (non-hydrogen) atoms. The maximum absolute atomic E-state index is 9.90. The number of para-hydroxylation sites is 4. The average Bonchev–Trinajstić information content (AvgIpc) is 4.14. The highest BCUT2D eigenvalue weighted by Crippen LogP contribution is 2.39. The van der Waals surface area contributed by atoms with Crippen LogP contribution in [-0.2, 0) is 0 Å². The van der Waals surface area contributed by atoms with Crippen molar-refractivity contribution in [2.24, 2.45) is 0 Å². The molecule has 4 aromatic heterocycles. The SMILES string of the molecule is [2H]c1c([2H])c([2H])c(-c2c([2H])c([2H])c3c4c([2H])c([2H])c([2H])c([2H])c4n(-c4nc(-c5cccc(-c6cccc7oc8ccccc8c67)c5)nc(-n5c6c([2H])c([2H])c([2H])c([2H])c6c6c([2H])c([2H])c([2H])c([2H])c65)n4)c3c2[2H])c([2H])c1[2H]. The highest BCUT2D eigenvalue weighted by molar-refractivity contribution is 6.13. The lowest BCUT2D eigenvalue weighted by atomic mass is 9.98. The second-order valence-corrected chi connectivity index (χ2v) is 12.9. The number of fused-ring (bicyclic) bond motifs is 9. The minimum atomic E-state index is -0.826. The van der Waals surface area contributed by atoms with Gasteiger partial charge in [-0.2, -0.15) is 15.0 Å². The van der Waals surface area contributed by atoms with E-state index in [1.807, 2.05) is 48.5 Å². The van der Waals surface area contributed by atoms with Gasteiger partial charge in [-0.3, -0.25) is 9.13 Å². The van der Waals surface area contributed by atoms with Gasteiger partial charge in [-0.15, -0.1) is 0 Å². The summed E-state index contributed by atoms with van der Waals surface area (Å²) >= 11 is 0. The third-order valence-electron chi connectivity index (χ3n) is 9.79. The Balaban J connectivity index is 1.29. The van der Waals surface area contributed by atoms with Crippen LogP contribution in [0, 0.1) is 0 Å². The largest absolute Gasteiger partial charge is 0.456 e. The minimum Gasteiger partial charge on any atom is -0.456 e. The van der Waals surface area contributed by atoms with Gasteiger partial charge in [-0.05, 0) is 64.6 Å². The lowest BCUT2D eigenvalue weighted by molar-refractivity contribution is 0.669. The number of aromatic nitrogens is 5. The fraction of sp³-hybridized carbons (Fsp3) is 0. The van der Waals surface area contributed by atoms with Crippen LogP contribution in [0.5, 0.6) is 0 Å². The Bertz CT molecular complexity index is 4610. The number of furan rings is 1. The lowest BCUT2D eigenvalue weighted by Gasteiger charge is -2.13. The molecular formula is C51H31N5O. The molecule has 0 N–H and O–H groups in total. The van der Waals surface area contributed by atoms with Gasteiger partial charge in [-0.25, -0.2) is 0 Å². The Morgan fingerprint density at radius 2 is 1.00 bits per heavy atom. The Labute approximate surface area is 354 Å². The van der Waals surface area contributed by atoms with E-state index in [4.69, 9.17) is 37.2 Å². The van der Waals surface area contributed by atoms with Gasteiger partial charge in [0.05, 0.1) is 49.5 Å². The van der Waals surface area contributed by atoms with E-state index >= 15 is 0 Å². The highest BCUT2D eigenvalue weighted by atomic mass is 16.3. The van der Waals surface area contributed by atoms with E-state index in [1.165, 1.54) is 0 Å². The molecule has 0 bridgehead atoms. The lowest BCUT2D eigenvalue weighted by Crippen LogP contribution is -2.10. The smallest absolute Gasteiger partial charge is 0.240 e. The van der Waals surface area contributed by atoms with Gasteiger partial charge in [0.2, 0.25) is 11.9 Å². The summed E-state index contributed by atoms with van der Waals surface area (Å²) in [4.78, 5) is 14.6. The number of benzene rings is 8. The topological polar surface area (TPSA) is 61.7 Å². The molecule has 0 radical (unpaired) electrons. The molecule has 6 nitrogen and oxygen atoms in total. The molecule has 0 aliphatic rings. The predicted octanol–water partition coefficient (Wildman–Crippen LogP) is 13.0. The zero-order valence-electron chi connectivity index (χ0n) is 49.0. The predicted molar refractivity (Wildman–Crippen MR) is 232 cm³/mol. The van der Waals surface area contributed by atoms with Crippen LogP contribution in [0.15, 0.2) is 192 Å². The average molecular weight is 750 g/mol. The summed E-state index contributed by atoms with van der Waals surface area (Å²) in [6.45, 7) is 0. The molecule has 0 spiro atoms. The van der Waals surface area contributed by atoms with Crippen molar-refractivity contribution in [2.75, 3.05) is 0 Å². The summed E-state index contributed by atoms with van der Waals surface area (Å²) in [5, 5.41) is 0.120. The Morgan fingerprint density at radius 1 is 0.421 bits per heavy atom. The van der Waals surface area contributed by atoms with Crippen LogP contribution in [0.4, 0.5) is 0 Å². The van der Waals surface area contributed by atoms with E-state index in [0.717, 1.165) is 19.9 Å². The molecule has 12 aromatic rings. The van der Waals surface area contributed by atoms with Crippen molar-refractivity contribution in [1.29, 1.82) is 0 Å². The van der Waals surface area contributed by atoms with E-state index in [-0.39, 0.29) is 22.2 Å². The highest BCUT2D eigenvalue weighted by Gasteiger charge is 2.21. The second-order valence-electron chi connectivity index (χ2n) is 12.9. The molecule has 266 valence electrons. The van der Waals surface area contributed by atoms with E-state index in [0.29, 0.717) is 22.3 Å². The van der Waals surface area contributed by atoms with Crippen LogP contribution in [-0.4, -0.2) is 24.1 Å². The molecule has 0 atom stereocenters. The molecule has 0 aliphatic heterocycles. The third-order valence-corrected chi connectivity index (χ3v) is 9.79. The maximum Gasteiger partial charge on any atom is 0.240 e. The van der Waals surface area contributed by atoms with E-state index in [9.17, 15) is 9.60 Å². The van der Waals surface area contributed by atoms with Crippen LogP contribution in [0.25, 0.3) is 111 Å². The molecular weight excluding hydrogens is 699 g/mol. The van der Waals surface area contributed by atoms with Crippen LogP contribution in [0.3, 0.4) is 0 Å². The molecule has 0 unspecified atom stereocenters.